The Balaban J connectivity index is 3.01. The van der Waals surface area contributed by atoms with Gasteiger partial charge in [-0.2, -0.15) is 0 Å². The predicted molar refractivity (Wildman–Crippen MR) is 49.9 cm³/mol. The van der Waals surface area contributed by atoms with Crippen molar-refractivity contribution in [2.45, 2.75) is 4.90 Å². The lowest BCUT2D eigenvalue weighted by atomic mass is 10.4. The van der Waals surface area contributed by atoms with E-state index in [-0.39, 0.29) is 5.30 Å². The summed E-state index contributed by atoms with van der Waals surface area (Å²) in [4.78, 5) is 18.5. The van der Waals surface area contributed by atoms with Gasteiger partial charge in [-0.15, -0.1) is 11.8 Å². The second-order valence-electron chi connectivity index (χ2n) is 2.24. The molecule has 3 nitrogen and oxygen atoms in total. The quantitative estimate of drug-likeness (QED) is 0.561. The standard InChI is InChI=1S/C7H9O3PS/c1-12-7-4-2-6(3-5-7)11(8,9)10/h2-5H,1H3,(H2,8,9,10). The molecule has 2 N–H and O–H groups in total. The van der Waals surface area contributed by atoms with Crippen LogP contribution >= 0.6 is 19.4 Å². The molecule has 0 saturated carbocycles. The van der Waals surface area contributed by atoms with Gasteiger partial charge in [-0.05, 0) is 30.5 Å². The number of benzene rings is 1. The van der Waals surface area contributed by atoms with Crippen LogP contribution < -0.4 is 5.30 Å². The average molecular weight is 204 g/mol. The molecule has 1 aromatic carbocycles. The smallest absolute Gasteiger partial charge is 0.321 e. The first-order valence-corrected chi connectivity index (χ1v) is 6.08. The van der Waals surface area contributed by atoms with Crippen LogP contribution in [-0.2, 0) is 4.57 Å². The summed E-state index contributed by atoms with van der Waals surface area (Å²) in [6.45, 7) is 0. The molecule has 0 aliphatic carbocycles. The maximum absolute atomic E-state index is 10.7. The van der Waals surface area contributed by atoms with Gasteiger partial charge in [0.05, 0.1) is 5.30 Å². The van der Waals surface area contributed by atoms with E-state index in [0.717, 1.165) is 4.90 Å². The van der Waals surface area contributed by atoms with E-state index in [1.54, 1.807) is 12.1 Å². The zero-order valence-electron chi connectivity index (χ0n) is 6.47. The van der Waals surface area contributed by atoms with Gasteiger partial charge in [-0.3, -0.25) is 4.57 Å². The highest BCUT2D eigenvalue weighted by Gasteiger charge is 2.15. The van der Waals surface area contributed by atoms with Gasteiger partial charge in [0.15, 0.2) is 0 Å². The van der Waals surface area contributed by atoms with Crippen molar-refractivity contribution < 1.29 is 14.4 Å². The van der Waals surface area contributed by atoms with Gasteiger partial charge in [0.1, 0.15) is 0 Å². The minimum absolute atomic E-state index is 0.0697. The van der Waals surface area contributed by atoms with Crippen molar-refractivity contribution in [2.24, 2.45) is 0 Å². The number of hydrogen-bond donors (Lipinski definition) is 2. The molecule has 0 aromatic heterocycles. The molecule has 5 heteroatoms. The van der Waals surface area contributed by atoms with Crippen LogP contribution in [0.15, 0.2) is 29.2 Å². The van der Waals surface area contributed by atoms with Crippen LogP contribution in [0.3, 0.4) is 0 Å². The molecular weight excluding hydrogens is 195 g/mol. The van der Waals surface area contributed by atoms with E-state index in [4.69, 9.17) is 9.79 Å². The Hall–Kier alpha value is -0.280. The molecule has 12 heavy (non-hydrogen) atoms. The SMILES string of the molecule is CSc1ccc(P(=O)(O)O)cc1. The molecule has 0 fully saturated rings. The summed E-state index contributed by atoms with van der Waals surface area (Å²) in [6, 6.07) is 6.29. The first kappa shape index (κ1) is 9.81. The van der Waals surface area contributed by atoms with E-state index in [1.165, 1.54) is 23.9 Å². The fourth-order valence-corrected chi connectivity index (χ4v) is 1.72. The second kappa shape index (κ2) is 3.62. The Morgan fingerprint density at radius 3 is 2.08 bits per heavy atom. The van der Waals surface area contributed by atoms with Crippen LogP contribution in [0.2, 0.25) is 0 Å². The van der Waals surface area contributed by atoms with Crippen molar-refractivity contribution in [1.29, 1.82) is 0 Å². The summed E-state index contributed by atoms with van der Waals surface area (Å²) in [5.41, 5.74) is 0. The van der Waals surface area contributed by atoms with Crippen LogP contribution in [0.4, 0.5) is 0 Å². The third-order valence-electron chi connectivity index (χ3n) is 1.41. The van der Waals surface area contributed by atoms with Crippen molar-refractivity contribution >= 4 is 24.7 Å². The maximum atomic E-state index is 10.7. The van der Waals surface area contributed by atoms with E-state index in [0.29, 0.717) is 0 Å². The van der Waals surface area contributed by atoms with Crippen molar-refractivity contribution in [1.82, 2.24) is 0 Å². The minimum Gasteiger partial charge on any atom is -0.321 e. The summed E-state index contributed by atoms with van der Waals surface area (Å²) in [6.07, 6.45) is 1.91. The fourth-order valence-electron chi connectivity index (χ4n) is 0.776. The van der Waals surface area contributed by atoms with Crippen molar-refractivity contribution in [3.63, 3.8) is 0 Å². The Morgan fingerprint density at radius 1 is 1.25 bits per heavy atom. The summed E-state index contributed by atoms with van der Waals surface area (Å²) in [7, 11) is -4.06. The lowest BCUT2D eigenvalue weighted by molar-refractivity contribution is 0.387. The summed E-state index contributed by atoms with van der Waals surface area (Å²) in [5, 5.41) is 0.0697. The summed E-state index contributed by atoms with van der Waals surface area (Å²) < 4.78 is 10.7. The molecule has 0 spiro atoms. The van der Waals surface area contributed by atoms with Crippen LogP contribution in [0.25, 0.3) is 0 Å². The number of hydrogen-bond acceptors (Lipinski definition) is 2. The Labute approximate surface area is 75.0 Å². The third-order valence-corrected chi connectivity index (χ3v) is 3.12. The number of thioether (sulfide) groups is 1. The van der Waals surface area contributed by atoms with Crippen molar-refractivity contribution in [3.05, 3.63) is 24.3 Å². The van der Waals surface area contributed by atoms with Crippen LogP contribution in [-0.4, -0.2) is 16.0 Å². The largest absolute Gasteiger partial charge is 0.356 e. The Morgan fingerprint density at radius 2 is 1.75 bits per heavy atom. The fraction of sp³-hybridized carbons (Fsp3) is 0.143. The van der Waals surface area contributed by atoms with Gasteiger partial charge in [-0.25, -0.2) is 0 Å². The normalized spacial score (nSPS) is 11.6. The van der Waals surface area contributed by atoms with Crippen molar-refractivity contribution in [3.8, 4) is 0 Å². The minimum atomic E-state index is -4.06. The van der Waals surface area contributed by atoms with Gasteiger partial charge in [0.25, 0.3) is 0 Å². The molecule has 1 aromatic rings. The second-order valence-corrected chi connectivity index (χ2v) is 4.73. The van der Waals surface area contributed by atoms with Gasteiger partial charge in [0, 0.05) is 4.90 Å². The topological polar surface area (TPSA) is 57.5 Å². The monoisotopic (exact) mass is 204 g/mol. The molecule has 0 bridgehead atoms. The molecule has 0 heterocycles. The van der Waals surface area contributed by atoms with E-state index in [9.17, 15) is 4.57 Å². The first-order chi connectivity index (χ1) is 5.54. The van der Waals surface area contributed by atoms with Crippen LogP contribution in [0, 0.1) is 0 Å². The number of rotatable bonds is 2. The lowest BCUT2D eigenvalue weighted by Crippen LogP contribution is -2.01. The zero-order chi connectivity index (χ0) is 9.19. The summed E-state index contributed by atoms with van der Waals surface area (Å²) in [5.74, 6) is 0. The van der Waals surface area contributed by atoms with Crippen LogP contribution in [0.1, 0.15) is 0 Å². The molecule has 0 amide bonds. The van der Waals surface area contributed by atoms with Gasteiger partial charge in [-0.1, -0.05) is 0 Å². The van der Waals surface area contributed by atoms with Crippen molar-refractivity contribution in [2.75, 3.05) is 6.26 Å². The van der Waals surface area contributed by atoms with E-state index < -0.39 is 7.60 Å². The molecule has 66 valence electrons. The highest BCUT2D eigenvalue weighted by molar-refractivity contribution is 7.98. The molecule has 1 rings (SSSR count). The van der Waals surface area contributed by atoms with E-state index >= 15 is 0 Å². The maximum Gasteiger partial charge on any atom is 0.356 e. The van der Waals surface area contributed by atoms with Crippen LogP contribution in [0.5, 0.6) is 0 Å². The zero-order valence-corrected chi connectivity index (χ0v) is 8.18. The third kappa shape index (κ3) is 2.35. The summed E-state index contributed by atoms with van der Waals surface area (Å²) >= 11 is 1.54. The molecule has 0 aliphatic rings. The molecule has 0 saturated heterocycles. The highest BCUT2D eigenvalue weighted by atomic mass is 32.2. The lowest BCUT2D eigenvalue weighted by Gasteiger charge is -2.03. The molecule has 0 atom stereocenters. The van der Waals surface area contributed by atoms with E-state index in [1.807, 2.05) is 6.26 Å². The average Bonchev–Trinajstić information content (AvgIpc) is 2.03. The van der Waals surface area contributed by atoms with Gasteiger partial charge in [0.2, 0.25) is 0 Å². The molecule has 0 radical (unpaired) electrons. The van der Waals surface area contributed by atoms with E-state index in [2.05, 4.69) is 0 Å². The highest BCUT2D eigenvalue weighted by Crippen LogP contribution is 2.33. The van der Waals surface area contributed by atoms with Gasteiger partial charge >= 0.3 is 7.60 Å². The first-order valence-electron chi connectivity index (χ1n) is 3.24. The predicted octanol–water partition coefficient (Wildman–Crippen LogP) is 1.21. The van der Waals surface area contributed by atoms with Gasteiger partial charge < -0.3 is 9.79 Å². The Bertz CT molecular complexity index is 303. The molecule has 0 unspecified atom stereocenters. The Kier molecular flexibility index (Phi) is 2.96. The molecule has 0 aliphatic heterocycles. The molecular formula is C7H9O3PS.